The van der Waals surface area contributed by atoms with E-state index in [1.807, 2.05) is 6.92 Å². The summed E-state index contributed by atoms with van der Waals surface area (Å²) < 4.78 is 57.9. The van der Waals surface area contributed by atoms with Crippen LogP contribution >= 0.6 is 0 Å². The van der Waals surface area contributed by atoms with Gasteiger partial charge in [-0.15, -0.1) is 0 Å². The number of halogens is 2. The summed E-state index contributed by atoms with van der Waals surface area (Å²) in [6, 6.07) is 8.50. The van der Waals surface area contributed by atoms with Crippen molar-refractivity contribution in [2.45, 2.75) is 32.9 Å². The minimum atomic E-state index is -4.04. The number of hydrogen-bond acceptors (Lipinski definition) is 5. The normalized spacial score (nSPS) is 12.1. The van der Waals surface area contributed by atoms with Gasteiger partial charge in [-0.05, 0) is 43.2 Å². The molecule has 0 radical (unpaired) electrons. The number of methoxy groups -OCH3 is 1. The Hall–Kier alpha value is -3.21. The van der Waals surface area contributed by atoms with Crippen molar-refractivity contribution in [3.8, 4) is 5.75 Å². The van der Waals surface area contributed by atoms with E-state index >= 15 is 0 Å². The lowest BCUT2D eigenvalue weighted by molar-refractivity contribution is -0.139. The highest BCUT2D eigenvalue weighted by Crippen LogP contribution is 2.22. The lowest BCUT2D eigenvalue weighted by Gasteiger charge is -2.31. The van der Waals surface area contributed by atoms with Crippen molar-refractivity contribution in [2.75, 3.05) is 30.8 Å². The molecule has 0 aliphatic heterocycles. The van der Waals surface area contributed by atoms with Crippen molar-refractivity contribution in [3.63, 3.8) is 0 Å². The Morgan fingerprint density at radius 3 is 2.41 bits per heavy atom. The molecule has 0 heterocycles. The van der Waals surface area contributed by atoms with E-state index in [0.717, 1.165) is 18.4 Å². The first-order chi connectivity index (χ1) is 16.0. The predicted molar refractivity (Wildman–Crippen MR) is 125 cm³/mol. The van der Waals surface area contributed by atoms with Crippen LogP contribution in [0.5, 0.6) is 5.75 Å². The van der Waals surface area contributed by atoms with Gasteiger partial charge in [0.1, 0.15) is 18.3 Å². The number of benzene rings is 2. The molecule has 2 amide bonds. The Morgan fingerprint density at radius 1 is 1.12 bits per heavy atom. The molecule has 186 valence electrons. The second-order valence-corrected chi connectivity index (χ2v) is 9.62. The third-order valence-electron chi connectivity index (χ3n) is 5.07. The minimum Gasteiger partial charge on any atom is -0.497 e. The summed E-state index contributed by atoms with van der Waals surface area (Å²) in [6.07, 6.45) is 1.55. The van der Waals surface area contributed by atoms with Gasteiger partial charge < -0.3 is 15.0 Å². The van der Waals surface area contributed by atoms with Gasteiger partial charge in [-0.2, -0.15) is 0 Å². The Bertz CT molecular complexity index is 1130. The molecule has 8 nitrogen and oxygen atoms in total. The van der Waals surface area contributed by atoms with Crippen molar-refractivity contribution < 1.29 is 31.5 Å². The van der Waals surface area contributed by atoms with Crippen molar-refractivity contribution in [1.82, 2.24) is 10.2 Å². The molecule has 34 heavy (non-hydrogen) atoms. The van der Waals surface area contributed by atoms with Crippen molar-refractivity contribution in [2.24, 2.45) is 0 Å². The number of carbonyl (C=O) groups is 2. The van der Waals surface area contributed by atoms with Crippen LogP contribution in [0.25, 0.3) is 0 Å². The van der Waals surface area contributed by atoms with Crippen LogP contribution in [-0.4, -0.2) is 57.6 Å². The molecule has 2 aromatic rings. The van der Waals surface area contributed by atoms with Crippen molar-refractivity contribution in [1.29, 1.82) is 0 Å². The number of carbonyl (C=O) groups excluding carboxylic acids is 2. The van der Waals surface area contributed by atoms with Crippen LogP contribution in [0.3, 0.4) is 0 Å². The molecule has 0 bridgehead atoms. The quantitative estimate of drug-likeness (QED) is 0.515. The Labute approximate surface area is 198 Å². The number of sulfonamides is 1. The van der Waals surface area contributed by atoms with Crippen LogP contribution in [-0.2, 0) is 26.2 Å². The standard InChI is InChI=1S/C23H29F2N3O5S/c1-5-11-26-23(30)16(2)27(14-17-7-6-8-19(12-17)33-3)22(29)15-28(34(4,31)32)18-9-10-20(24)21(25)13-18/h6-10,12-13,16H,5,11,14-15H2,1-4H3,(H,26,30)/t16-/m1/s1. The molecule has 1 N–H and O–H groups in total. The van der Waals surface area contributed by atoms with E-state index in [-0.39, 0.29) is 12.2 Å². The van der Waals surface area contributed by atoms with E-state index in [9.17, 15) is 26.8 Å². The van der Waals surface area contributed by atoms with E-state index in [4.69, 9.17) is 4.74 Å². The summed E-state index contributed by atoms with van der Waals surface area (Å²) in [5, 5.41) is 2.72. The van der Waals surface area contributed by atoms with E-state index in [2.05, 4.69) is 5.32 Å². The van der Waals surface area contributed by atoms with Gasteiger partial charge in [0.25, 0.3) is 0 Å². The molecule has 0 fully saturated rings. The summed E-state index contributed by atoms with van der Waals surface area (Å²) in [4.78, 5) is 27.2. The Balaban J connectivity index is 2.40. The van der Waals surface area contributed by atoms with E-state index in [1.54, 1.807) is 24.3 Å². The maximum Gasteiger partial charge on any atom is 0.244 e. The molecule has 2 rings (SSSR count). The predicted octanol–water partition coefficient (Wildman–Crippen LogP) is 2.68. The zero-order chi connectivity index (χ0) is 25.5. The molecular weight excluding hydrogens is 468 g/mol. The van der Waals surface area contributed by atoms with Gasteiger partial charge >= 0.3 is 0 Å². The summed E-state index contributed by atoms with van der Waals surface area (Å²) in [5.74, 6) is -2.95. The van der Waals surface area contributed by atoms with Gasteiger partial charge in [-0.1, -0.05) is 19.1 Å². The number of rotatable bonds is 11. The third-order valence-corrected chi connectivity index (χ3v) is 6.21. The zero-order valence-corrected chi connectivity index (χ0v) is 20.4. The van der Waals surface area contributed by atoms with Crippen LogP contribution in [0.2, 0.25) is 0 Å². The van der Waals surface area contributed by atoms with Crippen LogP contribution in [0.1, 0.15) is 25.8 Å². The lowest BCUT2D eigenvalue weighted by Crippen LogP contribution is -2.51. The highest BCUT2D eigenvalue weighted by atomic mass is 32.2. The molecule has 0 aromatic heterocycles. The fourth-order valence-electron chi connectivity index (χ4n) is 3.20. The fraction of sp³-hybridized carbons (Fsp3) is 0.391. The van der Waals surface area contributed by atoms with Gasteiger partial charge in [0, 0.05) is 19.2 Å². The second kappa shape index (κ2) is 11.8. The topological polar surface area (TPSA) is 96.0 Å². The maximum atomic E-state index is 13.8. The molecule has 0 saturated heterocycles. The lowest BCUT2D eigenvalue weighted by atomic mass is 10.1. The Kier molecular flexibility index (Phi) is 9.36. The van der Waals surface area contributed by atoms with Gasteiger partial charge in [0.15, 0.2) is 11.6 Å². The summed E-state index contributed by atoms with van der Waals surface area (Å²) in [7, 11) is -2.55. The highest BCUT2D eigenvalue weighted by Gasteiger charge is 2.30. The first kappa shape index (κ1) is 27.0. The molecule has 0 saturated carbocycles. The number of amides is 2. The first-order valence-corrected chi connectivity index (χ1v) is 12.5. The fourth-order valence-corrected chi connectivity index (χ4v) is 4.04. The molecule has 1 atom stereocenters. The summed E-state index contributed by atoms with van der Waals surface area (Å²) >= 11 is 0. The Morgan fingerprint density at radius 2 is 1.82 bits per heavy atom. The first-order valence-electron chi connectivity index (χ1n) is 10.6. The maximum absolute atomic E-state index is 13.8. The van der Waals surface area contributed by atoms with Gasteiger partial charge in [0.05, 0.1) is 19.1 Å². The van der Waals surface area contributed by atoms with Crippen LogP contribution in [0.4, 0.5) is 14.5 Å². The molecule has 0 spiro atoms. The third kappa shape index (κ3) is 7.14. The molecule has 0 unspecified atom stereocenters. The van der Waals surface area contributed by atoms with Gasteiger partial charge in [-0.25, -0.2) is 17.2 Å². The largest absolute Gasteiger partial charge is 0.497 e. The zero-order valence-electron chi connectivity index (χ0n) is 19.5. The molecular formula is C23H29F2N3O5S. The molecule has 0 aliphatic carbocycles. The monoisotopic (exact) mass is 497 g/mol. The van der Waals surface area contributed by atoms with E-state index in [0.29, 0.717) is 34.7 Å². The smallest absolute Gasteiger partial charge is 0.244 e. The molecule has 11 heteroatoms. The molecule has 2 aromatic carbocycles. The van der Waals surface area contributed by atoms with Crippen LogP contribution < -0.4 is 14.4 Å². The van der Waals surface area contributed by atoms with E-state index < -0.39 is 46.1 Å². The number of nitrogens with zero attached hydrogens (tertiary/aromatic N) is 2. The highest BCUT2D eigenvalue weighted by molar-refractivity contribution is 7.92. The van der Waals surface area contributed by atoms with Crippen molar-refractivity contribution >= 4 is 27.5 Å². The number of hydrogen-bond donors (Lipinski definition) is 1. The average molecular weight is 498 g/mol. The number of nitrogens with one attached hydrogen (secondary N) is 1. The molecule has 0 aliphatic rings. The van der Waals surface area contributed by atoms with Crippen molar-refractivity contribution in [3.05, 3.63) is 59.7 Å². The van der Waals surface area contributed by atoms with Gasteiger partial charge in [0.2, 0.25) is 21.8 Å². The van der Waals surface area contributed by atoms with Gasteiger partial charge in [-0.3, -0.25) is 13.9 Å². The summed E-state index contributed by atoms with van der Waals surface area (Å²) in [5.41, 5.74) is 0.445. The van der Waals surface area contributed by atoms with E-state index in [1.165, 1.54) is 18.9 Å². The number of anilines is 1. The average Bonchev–Trinajstić information content (AvgIpc) is 2.80. The van der Waals surface area contributed by atoms with Crippen LogP contribution in [0, 0.1) is 11.6 Å². The SMILES string of the molecule is CCCNC(=O)[C@@H](C)N(Cc1cccc(OC)c1)C(=O)CN(c1ccc(F)c(F)c1)S(C)(=O)=O. The minimum absolute atomic E-state index is 0.00781. The number of ether oxygens (including phenoxy) is 1. The van der Waals surface area contributed by atoms with Crippen LogP contribution in [0.15, 0.2) is 42.5 Å². The summed E-state index contributed by atoms with van der Waals surface area (Å²) in [6.45, 7) is 3.11. The second-order valence-electron chi connectivity index (χ2n) is 7.71.